The van der Waals surface area contributed by atoms with Gasteiger partial charge in [0.25, 0.3) is 0 Å². The van der Waals surface area contributed by atoms with Crippen LogP contribution in [0.4, 0.5) is 0 Å². The molecule has 3 nitrogen and oxygen atoms in total. The van der Waals surface area contributed by atoms with Crippen molar-refractivity contribution in [2.45, 2.75) is 52.7 Å². The maximum absolute atomic E-state index is 11.4. The van der Waals surface area contributed by atoms with Crippen LogP contribution in [0.3, 0.4) is 0 Å². The van der Waals surface area contributed by atoms with Crippen LogP contribution < -0.4 is 5.32 Å². The summed E-state index contributed by atoms with van der Waals surface area (Å²) < 4.78 is 5.20. The average molecular weight is 187 g/mol. The van der Waals surface area contributed by atoms with Crippen molar-refractivity contribution in [2.75, 3.05) is 6.54 Å². The highest BCUT2D eigenvalue weighted by Gasteiger charge is 2.17. The van der Waals surface area contributed by atoms with Crippen molar-refractivity contribution < 1.29 is 9.53 Å². The molecule has 0 aliphatic carbocycles. The van der Waals surface area contributed by atoms with Gasteiger partial charge in [-0.05, 0) is 26.3 Å². The molecule has 0 bridgehead atoms. The van der Waals surface area contributed by atoms with Crippen LogP contribution in [0.25, 0.3) is 0 Å². The third-order valence-electron chi connectivity index (χ3n) is 2.04. The minimum atomic E-state index is -0.140. The quantitative estimate of drug-likeness (QED) is 0.643. The Kier molecular flexibility index (Phi) is 6.59. The number of hydrogen-bond acceptors (Lipinski definition) is 3. The van der Waals surface area contributed by atoms with Crippen LogP contribution in [-0.4, -0.2) is 24.7 Å². The molecule has 0 heterocycles. The zero-order valence-electron chi connectivity index (χ0n) is 9.09. The molecule has 0 fully saturated rings. The van der Waals surface area contributed by atoms with E-state index in [4.69, 9.17) is 4.74 Å². The Morgan fingerprint density at radius 2 is 1.92 bits per heavy atom. The number of ether oxygens (including phenoxy) is 1. The molecular formula is C10H21NO2. The van der Waals surface area contributed by atoms with E-state index in [-0.39, 0.29) is 18.1 Å². The molecule has 0 aromatic rings. The van der Waals surface area contributed by atoms with Gasteiger partial charge in [-0.3, -0.25) is 4.79 Å². The van der Waals surface area contributed by atoms with Crippen LogP contribution in [0.2, 0.25) is 0 Å². The fourth-order valence-electron chi connectivity index (χ4n) is 1.00. The lowest BCUT2D eigenvalue weighted by Crippen LogP contribution is -2.38. The monoisotopic (exact) mass is 187 g/mol. The number of likely N-dealkylation sites (N-methyl/N-ethyl adjacent to an activating group) is 1. The lowest BCUT2D eigenvalue weighted by Gasteiger charge is -2.17. The van der Waals surface area contributed by atoms with E-state index in [1.54, 1.807) is 0 Å². The van der Waals surface area contributed by atoms with Gasteiger partial charge in [0.15, 0.2) is 0 Å². The average Bonchev–Trinajstić information content (AvgIpc) is 2.13. The van der Waals surface area contributed by atoms with Crippen molar-refractivity contribution in [1.82, 2.24) is 5.32 Å². The lowest BCUT2D eigenvalue weighted by atomic mass is 10.2. The predicted octanol–water partition coefficient (Wildman–Crippen LogP) is 1.72. The Hall–Kier alpha value is -0.570. The number of esters is 1. The molecule has 0 aliphatic rings. The van der Waals surface area contributed by atoms with Gasteiger partial charge in [-0.25, -0.2) is 0 Å². The second-order valence-corrected chi connectivity index (χ2v) is 3.17. The first-order valence-electron chi connectivity index (χ1n) is 5.09. The Labute approximate surface area is 80.8 Å². The molecule has 0 aromatic carbocycles. The molecule has 0 aliphatic heterocycles. The SMILES string of the molecule is CCNC(CC)C(=O)OC(C)CC. The summed E-state index contributed by atoms with van der Waals surface area (Å²) in [6, 6.07) is -0.140. The highest BCUT2D eigenvalue weighted by Crippen LogP contribution is 2.01. The normalized spacial score (nSPS) is 15.1. The van der Waals surface area contributed by atoms with Gasteiger partial charge in [-0.1, -0.05) is 20.8 Å². The molecule has 1 N–H and O–H groups in total. The minimum absolute atomic E-state index is 0.0280. The maximum atomic E-state index is 11.4. The first kappa shape index (κ1) is 12.4. The van der Waals surface area contributed by atoms with E-state index in [1.165, 1.54) is 0 Å². The molecule has 2 atom stereocenters. The molecule has 0 aromatic heterocycles. The molecule has 13 heavy (non-hydrogen) atoms. The fraction of sp³-hybridized carbons (Fsp3) is 0.900. The molecule has 78 valence electrons. The third kappa shape index (κ3) is 4.88. The van der Waals surface area contributed by atoms with Gasteiger partial charge < -0.3 is 10.1 Å². The van der Waals surface area contributed by atoms with Gasteiger partial charge in [0.05, 0.1) is 6.10 Å². The van der Waals surface area contributed by atoms with Gasteiger partial charge in [0, 0.05) is 0 Å². The smallest absolute Gasteiger partial charge is 0.323 e. The molecule has 0 rings (SSSR count). The van der Waals surface area contributed by atoms with E-state index in [9.17, 15) is 4.79 Å². The van der Waals surface area contributed by atoms with Crippen LogP contribution in [0.15, 0.2) is 0 Å². The summed E-state index contributed by atoms with van der Waals surface area (Å²) in [6.45, 7) is 8.68. The number of nitrogens with one attached hydrogen (secondary N) is 1. The molecule has 0 saturated carbocycles. The molecular weight excluding hydrogens is 166 g/mol. The van der Waals surface area contributed by atoms with E-state index >= 15 is 0 Å². The van der Waals surface area contributed by atoms with Gasteiger partial charge in [-0.15, -0.1) is 0 Å². The molecule has 0 saturated heterocycles. The number of carbonyl (C=O) groups is 1. The zero-order valence-corrected chi connectivity index (χ0v) is 9.09. The zero-order chi connectivity index (χ0) is 10.3. The lowest BCUT2D eigenvalue weighted by molar-refractivity contribution is -0.151. The highest BCUT2D eigenvalue weighted by molar-refractivity contribution is 5.75. The van der Waals surface area contributed by atoms with Crippen molar-refractivity contribution >= 4 is 5.97 Å². The standard InChI is InChI=1S/C10H21NO2/c1-5-8(4)13-10(12)9(6-2)11-7-3/h8-9,11H,5-7H2,1-4H3. The Morgan fingerprint density at radius 3 is 2.31 bits per heavy atom. The van der Waals surface area contributed by atoms with Crippen LogP contribution >= 0.6 is 0 Å². The topological polar surface area (TPSA) is 38.3 Å². The molecule has 0 amide bonds. The van der Waals surface area contributed by atoms with Crippen molar-refractivity contribution in [3.8, 4) is 0 Å². The van der Waals surface area contributed by atoms with E-state index in [0.717, 1.165) is 19.4 Å². The summed E-state index contributed by atoms with van der Waals surface area (Å²) in [4.78, 5) is 11.4. The number of rotatable bonds is 6. The summed E-state index contributed by atoms with van der Waals surface area (Å²) in [5.41, 5.74) is 0. The summed E-state index contributed by atoms with van der Waals surface area (Å²) in [7, 11) is 0. The minimum Gasteiger partial charge on any atom is -0.462 e. The Bertz CT molecular complexity index is 148. The van der Waals surface area contributed by atoms with Crippen molar-refractivity contribution in [2.24, 2.45) is 0 Å². The summed E-state index contributed by atoms with van der Waals surface area (Å²) in [5.74, 6) is -0.126. The van der Waals surface area contributed by atoms with Crippen molar-refractivity contribution in [1.29, 1.82) is 0 Å². The van der Waals surface area contributed by atoms with Gasteiger partial charge in [0.2, 0.25) is 0 Å². The molecule has 2 unspecified atom stereocenters. The van der Waals surface area contributed by atoms with Crippen LogP contribution in [-0.2, 0) is 9.53 Å². The number of hydrogen-bond donors (Lipinski definition) is 1. The second kappa shape index (κ2) is 6.89. The van der Waals surface area contributed by atoms with Crippen LogP contribution in [0.5, 0.6) is 0 Å². The van der Waals surface area contributed by atoms with E-state index in [1.807, 2.05) is 27.7 Å². The van der Waals surface area contributed by atoms with Crippen molar-refractivity contribution in [3.05, 3.63) is 0 Å². The predicted molar refractivity (Wildman–Crippen MR) is 53.6 cm³/mol. The summed E-state index contributed by atoms with van der Waals surface area (Å²) in [6.07, 6.45) is 1.68. The maximum Gasteiger partial charge on any atom is 0.323 e. The number of carbonyl (C=O) groups excluding carboxylic acids is 1. The van der Waals surface area contributed by atoms with Gasteiger partial charge in [0.1, 0.15) is 6.04 Å². The van der Waals surface area contributed by atoms with Crippen LogP contribution in [0, 0.1) is 0 Å². The molecule has 0 radical (unpaired) electrons. The summed E-state index contributed by atoms with van der Waals surface area (Å²) in [5, 5.41) is 3.09. The Balaban J connectivity index is 3.90. The van der Waals surface area contributed by atoms with Gasteiger partial charge >= 0.3 is 5.97 Å². The second-order valence-electron chi connectivity index (χ2n) is 3.17. The highest BCUT2D eigenvalue weighted by atomic mass is 16.5. The first-order chi connectivity index (χ1) is 6.15. The largest absolute Gasteiger partial charge is 0.462 e. The molecule has 0 spiro atoms. The molecule has 3 heteroatoms. The Morgan fingerprint density at radius 1 is 1.31 bits per heavy atom. The first-order valence-corrected chi connectivity index (χ1v) is 5.09. The summed E-state index contributed by atoms with van der Waals surface area (Å²) >= 11 is 0. The van der Waals surface area contributed by atoms with E-state index < -0.39 is 0 Å². The fourth-order valence-corrected chi connectivity index (χ4v) is 1.00. The van der Waals surface area contributed by atoms with E-state index in [2.05, 4.69) is 5.32 Å². The van der Waals surface area contributed by atoms with Gasteiger partial charge in [-0.2, -0.15) is 0 Å². The van der Waals surface area contributed by atoms with E-state index in [0.29, 0.717) is 0 Å². The van der Waals surface area contributed by atoms with Crippen molar-refractivity contribution in [3.63, 3.8) is 0 Å². The van der Waals surface area contributed by atoms with Crippen LogP contribution in [0.1, 0.15) is 40.5 Å². The third-order valence-corrected chi connectivity index (χ3v) is 2.04.